The fourth-order valence-electron chi connectivity index (χ4n) is 4.56. The predicted molar refractivity (Wildman–Crippen MR) is 79.3 cm³/mol. The minimum atomic E-state index is 0. The Bertz CT molecular complexity index is 251. The Morgan fingerprint density at radius 1 is 1.06 bits per heavy atom. The van der Waals surface area contributed by atoms with Crippen molar-refractivity contribution < 1.29 is 0 Å². The molecule has 0 aromatic heterocycles. The van der Waals surface area contributed by atoms with Crippen molar-refractivity contribution in [1.29, 1.82) is 0 Å². The van der Waals surface area contributed by atoms with Crippen LogP contribution in [0.3, 0.4) is 0 Å². The van der Waals surface area contributed by atoms with E-state index in [0.717, 1.165) is 23.8 Å². The van der Waals surface area contributed by atoms with Crippen molar-refractivity contribution in [2.75, 3.05) is 26.7 Å². The minimum Gasteiger partial charge on any atom is -0.317 e. The Hall–Kier alpha value is 0.210. The van der Waals surface area contributed by atoms with E-state index in [-0.39, 0.29) is 12.4 Å². The second-order valence-electron chi connectivity index (χ2n) is 6.71. The summed E-state index contributed by atoms with van der Waals surface area (Å²) in [7, 11) is 2.38. The SMILES string of the molecule is CN(CC1CC2CCC1C2)C1CCCNCC1.Cl. The third kappa shape index (κ3) is 3.20. The maximum atomic E-state index is 3.53. The summed E-state index contributed by atoms with van der Waals surface area (Å²) in [5.74, 6) is 3.23. The van der Waals surface area contributed by atoms with Gasteiger partial charge in [0.2, 0.25) is 0 Å². The van der Waals surface area contributed by atoms with E-state index in [2.05, 4.69) is 17.3 Å². The van der Waals surface area contributed by atoms with Crippen molar-refractivity contribution >= 4 is 12.4 Å². The van der Waals surface area contributed by atoms with Crippen LogP contribution in [0.1, 0.15) is 44.9 Å². The van der Waals surface area contributed by atoms with Crippen LogP contribution in [0.4, 0.5) is 0 Å². The van der Waals surface area contributed by atoms with Gasteiger partial charge in [-0.05, 0) is 76.4 Å². The molecule has 1 aliphatic heterocycles. The molecule has 2 nitrogen and oxygen atoms in total. The number of nitrogens with one attached hydrogen (secondary N) is 1. The van der Waals surface area contributed by atoms with Crippen molar-refractivity contribution in [2.45, 2.75) is 51.0 Å². The van der Waals surface area contributed by atoms with E-state index in [4.69, 9.17) is 0 Å². The predicted octanol–water partition coefficient (Wildman–Crippen LogP) is 2.92. The number of nitrogens with zero attached hydrogens (tertiary/aromatic N) is 1. The zero-order chi connectivity index (χ0) is 11.7. The first-order valence-corrected chi connectivity index (χ1v) is 7.74. The van der Waals surface area contributed by atoms with Gasteiger partial charge < -0.3 is 10.2 Å². The summed E-state index contributed by atoms with van der Waals surface area (Å²) in [6.45, 7) is 3.84. The Morgan fingerprint density at radius 3 is 2.67 bits per heavy atom. The lowest BCUT2D eigenvalue weighted by Crippen LogP contribution is -2.37. The van der Waals surface area contributed by atoms with Crippen LogP contribution >= 0.6 is 12.4 Å². The molecule has 3 aliphatic rings. The second-order valence-corrected chi connectivity index (χ2v) is 6.71. The summed E-state index contributed by atoms with van der Waals surface area (Å²) in [6.07, 6.45) is 10.3. The molecule has 3 fully saturated rings. The second kappa shape index (κ2) is 6.58. The smallest absolute Gasteiger partial charge is 0.0105 e. The first-order valence-electron chi connectivity index (χ1n) is 7.74. The Kier molecular flexibility index (Phi) is 5.35. The summed E-state index contributed by atoms with van der Waals surface area (Å²) in [5.41, 5.74) is 0. The quantitative estimate of drug-likeness (QED) is 0.850. The molecule has 0 radical (unpaired) electrons. The Labute approximate surface area is 118 Å². The zero-order valence-electron chi connectivity index (χ0n) is 11.7. The van der Waals surface area contributed by atoms with Gasteiger partial charge in [-0.1, -0.05) is 6.42 Å². The summed E-state index contributed by atoms with van der Waals surface area (Å²) in [5, 5.41) is 3.53. The van der Waals surface area contributed by atoms with E-state index in [1.807, 2.05) is 0 Å². The van der Waals surface area contributed by atoms with Crippen molar-refractivity contribution in [3.63, 3.8) is 0 Å². The molecule has 18 heavy (non-hydrogen) atoms. The molecule has 2 saturated carbocycles. The van der Waals surface area contributed by atoms with E-state index in [0.29, 0.717) is 0 Å². The summed E-state index contributed by atoms with van der Waals surface area (Å²) in [6, 6.07) is 0.851. The summed E-state index contributed by atoms with van der Waals surface area (Å²) in [4.78, 5) is 2.69. The van der Waals surface area contributed by atoms with Crippen LogP contribution < -0.4 is 5.32 Å². The molecule has 0 spiro atoms. The number of rotatable bonds is 3. The molecule has 2 bridgehead atoms. The molecule has 3 rings (SSSR count). The molecule has 1 N–H and O–H groups in total. The number of hydrogen-bond acceptors (Lipinski definition) is 2. The lowest BCUT2D eigenvalue weighted by molar-refractivity contribution is 0.162. The lowest BCUT2D eigenvalue weighted by Gasteiger charge is -2.32. The van der Waals surface area contributed by atoms with Gasteiger partial charge in [0.05, 0.1) is 0 Å². The van der Waals surface area contributed by atoms with E-state index in [1.54, 1.807) is 12.8 Å². The highest BCUT2D eigenvalue weighted by Gasteiger charge is 2.40. The highest BCUT2D eigenvalue weighted by molar-refractivity contribution is 5.85. The number of fused-ring (bicyclic) bond motifs is 2. The van der Waals surface area contributed by atoms with E-state index in [9.17, 15) is 0 Å². The monoisotopic (exact) mass is 272 g/mol. The minimum absolute atomic E-state index is 0. The molecular formula is C15H29ClN2. The molecule has 0 aromatic carbocycles. The first kappa shape index (κ1) is 14.6. The van der Waals surface area contributed by atoms with Gasteiger partial charge in [-0.25, -0.2) is 0 Å². The highest BCUT2D eigenvalue weighted by Crippen LogP contribution is 2.48. The van der Waals surface area contributed by atoms with Crippen molar-refractivity contribution in [1.82, 2.24) is 10.2 Å². The zero-order valence-corrected chi connectivity index (χ0v) is 12.6. The normalized spacial score (nSPS) is 39.7. The molecule has 1 heterocycles. The van der Waals surface area contributed by atoms with Crippen molar-refractivity contribution in [3.8, 4) is 0 Å². The standard InChI is InChI=1S/C15H28N2.ClH/c1-17(15-3-2-7-16-8-6-15)11-14-10-12-4-5-13(14)9-12;/h12-16H,2-11H2,1H3;1H. The Morgan fingerprint density at radius 2 is 1.94 bits per heavy atom. The van der Waals surface area contributed by atoms with Gasteiger partial charge in [-0.3, -0.25) is 0 Å². The van der Waals surface area contributed by atoms with Crippen LogP contribution in [0, 0.1) is 17.8 Å². The fraction of sp³-hybridized carbons (Fsp3) is 1.00. The first-order chi connectivity index (χ1) is 8.33. The van der Waals surface area contributed by atoms with Crippen LogP contribution in [0.25, 0.3) is 0 Å². The molecule has 4 unspecified atom stereocenters. The highest BCUT2D eigenvalue weighted by atomic mass is 35.5. The molecule has 3 heteroatoms. The molecule has 106 valence electrons. The molecule has 1 saturated heterocycles. The van der Waals surface area contributed by atoms with Crippen LogP contribution in [-0.2, 0) is 0 Å². The van der Waals surface area contributed by atoms with Gasteiger partial charge in [-0.2, -0.15) is 0 Å². The largest absolute Gasteiger partial charge is 0.317 e. The van der Waals surface area contributed by atoms with Crippen LogP contribution in [0.2, 0.25) is 0 Å². The van der Waals surface area contributed by atoms with Gasteiger partial charge >= 0.3 is 0 Å². The average molecular weight is 273 g/mol. The molecular weight excluding hydrogens is 244 g/mol. The Balaban J connectivity index is 0.00000120. The van der Waals surface area contributed by atoms with E-state index < -0.39 is 0 Å². The topological polar surface area (TPSA) is 15.3 Å². The van der Waals surface area contributed by atoms with Gasteiger partial charge in [0.15, 0.2) is 0 Å². The number of hydrogen-bond donors (Lipinski definition) is 1. The number of halogens is 1. The van der Waals surface area contributed by atoms with E-state index in [1.165, 1.54) is 51.7 Å². The van der Waals surface area contributed by atoms with Gasteiger partial charge in [0.1, 0.15) is 0 Å². The maximum Gasteiger partial charge on any atom is 0.0105 e. The third-order valence-corrected chi connectivity index (χ3v) is 5.58. The fourth-order valence-corrected chi connectivity index (χ4v) is 4.56. The maximum absolute atomic E-state index is 3.53. The van der Waals surface area contributed by atoms with Crippen LogP contribution in [0.5, 0.6) is 0 Å². The molecule has 4 atom stereocenters. The van der Waals surface area contributed by atoms with Crippen LogP contribution in [-0.4, -0.2) is 37.6 Å². The molecule has 0 aromatic rings. The van der Waals surface area contributed by atoms with Gasteiger partial charge in [0, 0.05) is 12.6 Å². The van der Waals surface area contributed by atoms with Crippen molar-refractivity contribution in [2.24, 2.45) is 17.8 Å². The van der Waals surface area contributed by atoms with Gasteiger partial charge in [0.25, 0.3) is 0 Å². The summed E-state index contributed by atoms with van der Waals surface area (Å²) >= 11 is 0. The lowest BCUT2D eigenvalue weighted by atomic mass is 9.88. The van der Waals surface area contributed by atoms with Gasteiger partial charge in [-0.15, -0.1) is 12.4 Å². The third-order valence-electron chi connectivity index (χ3n) is 5.58. The van der Waals surface area contributed by atoms with Crippen LogP contribution in [0.15, 0.2) is 0 Å². The molecule has 2 aliphatic carbocycles. The average Bonchev–Trinajstić information content (AvgIpc) is 2.82. The molecule has 0 amide bonds. The van der Waals surface area contributed by atoms with Crippen molar-refractivity contribution in [3.05, 3.63) is 0 Å². The summed E-state index contributed by atoms with van der Waals surface area (Å²) < 4.78 is 0. The van der Waals surface area contributed by atoms with E-state index >= 15 is 0 Å².